The molecule has 1 N–H and O–H groups in total. The zero-order valence-electron chi connectivity index (χ0n) is 10.5. The molecule has 0 atom stereocenters. The van der Waals surface area contributed by atoms with E-state index in [1.165, 1.54) is 12.1 Å². The van der Waals surface area contributed by atoms with Crippen LogP contribution < -0.4 is 0 Å². The first-order valence-electron chi connectivity index (χ1n) is 5.41. The highest BCUT2D eigenvalue weighted by Gasteiger charge is 2.24. The van der Waals surface area contributed by atoms with Crippen LogP contribution in [-0.2, 0) is 4.79 Å². The highest BCUT2D eigenvalue weighted by Crippen LogP contribution is 2.26. The number of halogens is 1. The Morgan fingerprint density at radius 3 is 2.50 bits per heavy atom. The van der Waals surface area contributed by atoms with Gasteiger partial charge in [0.25, 0.3) is 0 Å². The number of Topliss-reactive ketones (excluding diaryl/α,β-unsaturated/α-hetero) is 1. The smallest absolute Gasteiger partial charge is 0.178 e. The van der Waals surface area contributed by atoms with Gasteiger partial charge in [-0.1, -0.05) is 26.8 Å². The van der Waals surface area contributed by atoms with E-state index in [1.54, 1.807) is 32.9 Å². The summed E-state index contributed by atoms with van der Waals surface area (Å²) in [5.41, 5.74) is 0.212. The number of rotatable bonds is 2. The molecule has 0 aliphatic heterocycles. The first kappa shape index (κ1) is 14.5. The minimum absolute atomic E-state index is 0.111. The third-order valence-electron chi connectivity index (χ3n) is 2.33. The third-order valence-corrected chi connectivity index (χ3v) is 2.96. The van der Waals surface area contributed by atoms with Gasteiger partial charge in [0.05, 0.1) is 10.0 Å². The van der Waals surface area contributed by atoms with Crippen molar-refractivity contribution in [3.63, 3.8) is 0 Å². The molecular weight excluding hydrogens is 294 g/mol. The topological polar surface area (TPSA) is 61.1 Å². The molecule has 18 heavy (non-hydrogen) atoms. The van der Waals surface area contributed by atoms with Crippen molar-refractivity contribution >= 4 is 27.8 Å². The van der Waals surface area contributed by atoms with Gasteiger partial charge in [-0.05, 0) is 39.7 Å². The van der Waals surface area contributed by atoms with E-state index in [4.69, 9.17) is 5.26 Å². The number of hydrogen-bond acceptors (Lipinski definition) is 3. The standard InChI is InChI=1S/C14H14BrNO2/c1-14(2,3)13(18)10(8-16)6-9-4-5-12(17)11(15)7-9/h4-7,17H,1-3H3/b10-6-. The van der Waals surface area contributed by atoms with E-state index in [9.17, 15) is 9.90 Å². The Balaban J connectivity index is 3.17. The Kier molecular flexibility index (Phi) is 4.31. The minimum atomic E-state index is -0.588. The van der Waals surface area contributed by atoms with Crippen molar-refractivity contribution in [3.8, 4) is 11.8 Å². The van der Waals surface area contributed by atoms with Gasteiger partial charge < -0.3 is 5.11 Å². The van der Waals surface area contributed by atoms with Crippen molar-refractivity contribution < 1.29 is 9.90 Å². The lowest BCUT2D eigenvalue weighted by Crippen LogP contribution is -2.21. The molecule has 94 valence electrons. The van der Waals surface area contributed by atoms with Gasteiger partial charge in [0.1, 0.15) is 11.8 Å². The Hall–Kier alpha value is -1.60. The highest BCUT2D eigenvalue weighted by molar-refractivity contribution is 9.10. The maximum absolute atomic E-state index is 12.0. The van der Waals surface area contributed by atoms with Crippen LogP contribution in [0.1, 0.15) is 26.3 Å². The molecule has 1 aromatic carbocycles. The summed E-state index contributed by atoms with van der Waals surface area (Å²) in [5, 5.41) is 18.4. The molecule has 0 heterocycles. The van der Waals surface area contributed by atoms with Gasteiger partial charge in [-0.2, -0.15) is 5.26 Å². The number of phenolic OH excluding ortho intramolecular Hbond substituents is 1. The van der Waals surface area contributed by atoms with Crippen LogP contribution in [0.2, 0.25) is 0 Å². The second-order valence-electron chi connectivity index (χ2n) is 4.96. The Labute approximate surface area is 115 Å². The second kappa shape index (κ2) is 5.36. The fraction of sp³-hybridized carbons (Fsp3) is 0.286. The molecule has 0 fully saturated rings. The summed E-state index contributed by atoms with van der Waals surface area (Å²) < 4.78 is 0.525. The predicted octanol–water partition coefficient (Wildman–Crippen LogP) is 3.68. The number of nitrogens with zero attached hydrogens (tertiary/aromatic N) is 1. The van der Waals surface area contributed by atoms with E-state index >= 15 is 0 Å². The van der Waals surface area contributed by atoms with Crippen molar-refractivity contribution in [1.29, 1.82) is 5.26 Å². The monoisotopic (exact) mass is 307 g/mol. The first-order valence-corrected chi connectivity index (χ1v) is 6.20. The Bertz CT molecular complexity index is 548. The predicted molar refractivity (Wildman–Crippen MR) is 73.9 cm³/mol. The van der Waals surface area contributed by atoms with Gasteiger partial charge in [0.2, 0.25) is 0 Å². The largest absolute Gasteiger partial charge is 0.507 e. The molecule has 0 amide bonds. The van der Waals surface area contributed by atoms with Crippen LogP contribution >= 0.6 is 15.9 Å². The molecule has 0 radical (unpaired) electrons. The molecule has 1 rings (SSSR count). The maximum Gasteiger partial charge on any atom is 0.178 e. The van der Waals surface area contributed by atoms with E-state index in [0.29, 0.717) is 10.0 Å². The summed E-state index contributed by atoms with van der Waals surface area (Å²) in [4.78, 5) is 12.0. The van der Waals surface area contributed by atoms with Crippen LogP contribution in [0.15, 0.2) is 28.2 Å². The normalized spacial score (nSPS) is 12.1. The molecule has 0 saturated carbocycles. The van der Waals surface area contributed by atoms with Crippen molar-refractivity contribution in [3.05, 3.63) is 33.8 Å². The van der Waals surface area contributed by atoms with E-state index in [-0.39, 0.29) is 17.1 Å². The van der Waals surface area contributed by atoms with E-state index in [1.807, 2.05) is 6.07 Å². The molecule has 1 aromatic rings. The van der Waals surface area contributed by atoms with E-state index in [2.05, 4.69) is 15.9 Å². The van der Waals surface area contributed by atoms with Crippen molar-refractivity contribution in [1.82, 2.24) is 0 Å². The van der Waals surface area contributed by atoms with Gasteiger partial charge in [-0.25, -0.2) is 0 Å². The van der Waals surface area contributed by atoms with Crippen LogP contribution in [0.4, 0.5) is 0 Å². The number of allylic oxidation sites excluding steroid dienone is 1. The number of benzene rings is 1. The van der Waals surface area contributed by atoms with E-state index in [0.717, 1.165) is 0 Å². The van der Waals surface area contributed by atoms with Gasteiger partial charge >= 0.3 is 0 Å². The maximum atomic E-state index is 12.0. The number of carbonyl (C=O) groups excluding carboxylic acids is 1. The summed E-state index contributed by atoms with van der Waals surface area (Å²) in [5.74, 6) is -0.0815. The molecule has 0 spiro atoms. The lowest BCUT2D eigenvalue weighted by atomic mass is 9.86. The fourth-order valence-corrected chi connectivity index (χ4v) is 1.73. The van der Waals surface area contributed by atoms with E-state index < -0.39 is 5.41 Å². The number of carbonyl (C=O) groups is 1. The number of aromatic hydroxyl groups is 1. The molecule has 0 saturated heterocycles. The van der Waals surface area contributed by atoms with Crippen LogP contribution in [0.3, 0.4) is 0 Å². The Morgan fingerprint density at radius 1 is 1.44 bits per heavy atom. The number of nitriles is 1. The molecule has 0 aliphatic rings. The molecule has 0 aliphatic carbocycles. The van der Waals surface area contributed by atoms with Crippen molar-refractivity contribution in [2.75, 3.05) is 0 Å². The summed E-state index contributed by atoms with van der Waals surface area (Å²) >= 11 is 3.19. The van der Waals surface area contributed by atoms with Gasteiger partial charge in [-0.15, -0.1) is 0 Å². The Morgan fingerprint density at radius 2 is 2.06 bits per heavy atom. The minimum Gasteiger partial charge on any atom is -0.507 e. The fourth-order valence-electron chi connectivity index (χ4n) is 1.33. The second-order valence-corrected chi connectivity index (χ2v) is 5.81. The lowest BCUT2D eigenvalue weighted by Gasteiger charge is -2.15. The summed E-state index contributed by atoms with van der Waals surface area (Å²) in [6, 6.07) is 6.73. The summed E-state index contributed by atoms with van der Waals surface area (Å²) in [6.45, 7) is 5.31. The molecule has 0 unspecified atom stereocenters. The average molecular weight is 308 g/mol. The van der Waals surface area contributed by atoms with Crippen LogP contribution in [0, 0.1) is 16.7 Å². The van der Waals surface area contributed by atoms with Crippen molar-refractivity contribution in [2.24, 2.45) is 5.41 Å². The molecule has 4 heteroatoms. The third kappa shape index (κ3) is 3.44. The number of phenols is 1. The van der Waals surface area contributed by atoms with Gasteiger partial charge in [0.15, 0.2) is 5.78 Å². The quantitative estimate of drug-likeness (QED) is 0.669. The van der Waals surface area contributed by atoms with Gasteiger partial charge in [0, 0.05) is 5.41 Å². The van der Waals surface area contributed by atoms with Crippen LogP contribution in [0.5, 0.6) is 5.75 Å². The number of ketones is 1. The molecule has 0 aromatic heterocycles. The first-order chi connectivity index (χ1) is 8.25. The summed E-state index contributed by atoms with van der Waals surface area (Å²) in [6.07, 6.45) is 1.53. The van der Waals surface area contributed by atoms with Gasteiger partial charge in [-0.3, -0.25) is 4.79 Å². The molecule has 3 nitrogen and oxygen atoms in total. The van der Waals surface area contributed by atoms with Crippen molar-refractivity contribution in [2.45, 2.75) is 20.8 Å². The average Bonchev–Trinajstić information content (AvgIpc) is 2.28. The highest BCUT2D eigenvalue weighted by atomic mass is 79.9. The van der Waals surface area contributed by atoms with Crippen LogP contribution in [0.25, 0.3) is 6.08 Å². The molecule has 0 bridgehead atoms. The summed E-state index contributed by atoms with van der Waals surface area (Å²) in [7, 11) is 0. The zero-order chi connectivity index (χ0) is 13.9. The zero-order valence-corrected chi connectivity index (χ0v) is 12.1. The number of hydrogen-bond donors (Lipinski definition) is 1. The molecular formula is C14H14BrNO2. The lowest BCUT2D eigenvalue weighted by molar-refractivity contribution is -0.121. The van der Waals surface area contributed by atoms with Crippen LogP contribution in [-0.4, -0.2) is 10.9 Å². The SMILES string of the molecule is CC(C)(C)C(=O)/C(C#N)=C\c1ccc(O)c(Br)c1.